The minimum Gasteiger partial charge on any atom is -0.481 e. The number of carboxylic acid groups (broad SMARTS) is 1. The van der Waals surface area contributed by atoms with Gasteiger partial charge in [-0.15, -0.1) is 0 Å². The van der Waals surface area contributed by atoms with E-state index in [1.54, 1.807) is 13.1 Å². The van der Waals surface area contributed by atoms with Crippen LogP contribution >= 0.6 is 22.6 Å². The summed E-state index contributed by atoms with van der Waals surface area (Å²) in [5, 5.41) is 19.9. The Morgan fingerprint density at radius 3 is 2.80 bits per heavy atom. The summed E-state index contributed by atoms with van der Waals surface area (Å²) in [7, 11) is 1.78. The molecule has 1 fully saturated rings. The van der Waals surface area contributed by atoms with E-state index in [2.05, 4.69) is 0 Å². The number of hydrogen-bond donors (Lipinski definition) is 1. The molecular formula is C12H13IN2O5. The van der Waals surface area contributed by atoms with Crippen molar-refractivity contribution < 1.29 is 19.6 Å². The highest BCUT2D eigenvalue weighted by molar-refractivity contribution is 14.1. The molecule has 0 saturated carbocycles. The first-order valence-corrected chi connectivity index (χ1v) is 6.97. The topological polar surface area (TPSA) is 92.9 Å². The number of nitro benzene ring substituents is 1. The zero-order valence-electron chi connectivity index (χ0n) is 10.7. The van der Waals surface area contributed by atoms with Crippen LogP contribution in [0.2, 0.25) is 0 Å². The van der Waals surface area contributed by atoms with Gasteiger partial charge in [-0.3, -0.25) is 14.9 Å². The van der Waals surface area contributed by atoms with Gasteiger partial charge in [-0.2, -0.15) is 0 Å². The molecule has 0 radical (unpaired) electrons. The largest absolute Gasteiger partial charge is 0.481 e. The number of non-ortho nitro benzene ring substituents is 1. The van der Waals surface area contributed by atoms with Crippen molar-refractivity contribution in [3.63, 3.8) is 0 Å². The number of aliphatic carboxylic acids is 1. The maximum atomic E-state index is 11.2. The number of carbonyl (C=O) groups is 1. The van der Waals surface area contributed by atoms with Crippen molar-refractivity contribution >= 4 is 39.9 Å². The maximum Gasteiger partial charge on any atom is 0.311 e. The average Bonchev–Trinajstić information content (AvgIpc) is 2.87. The van der Waals surface area contributed by atoms with Crippen molar-refractivity contribution in [3.05, 3.63) is 31.9 Å². The normalized spacial score (nSPS) is 21.7. The summed E-state index contributed by atoms with van der Waals surface area (Å²) in [6.07, 6.45) is 0. The zero-order chi connectivity index (χ0) is 14.9. The first-order valence-electron chi connectivity index (χ1n) is 5.89. The SMILES string of the molecule is CN(c1ccc([N+](=O)[O-])cc1I)C1COCC1C(=O)O. The number of benzene rings is 1. The van der Waals surface area contributed by atoms with Gasteiger partial charge < -0.3 is 14.7 Å². The summed E-state index contributed by atoms with van der Waals surface area (Å²) in [6, 6.07) is 4.25. The fourth-order valence-electron chi connectivity index (χ4n) is 2.23. The fourth-order valence-corrected chi connectivity index (χ4v) is 3.11. The van der Waals surface area contributed by atoms with Crippen molar-refractivity contribution in [3.8, 4) is 0 Å². The van der Waals surface area contributed by atoms with Gasteiger partial charge in [-0.1, -0.05) is 0 Å². The van der Waals surface area contributed by atoms with Crippen LogP contribution in [0.25, 0.3) is 0 Å². The molecule has 2 rings (SSSR count). The van der Waals surface area contributed by atoms with E-state index in [4.69, 9.17) is 9.84 Å². The van der Waals surface area contributed by atoms with Gasteiger partial charge in [-0.05, 0) is 28.7 Å². The Balaban J connectivity index is 2.27. The molecular weight excluding hydrogens is 379 g/mol. The molecule has 1 heterocycles. The summed E-state index contributed by atoms with van der Waals surface area (Å²) in [5.41, 5.74) is 0.780. The minimum atomic E-state index is -0.892. The second-order valence-electron chi connectivity index (χ2n) is 4.55. The molecule has 1 aliphatic rings. The van der Waals surface area contributed by atoms with Gasteiger partial charge in [0.05, 0.1) is 29.9 Å². The van der Waals surface area contributed by atoms with Crippen LogP contribution in [0.3, 0.4) is 0 Å². The van der Waals surface area contributed by atoms with Gasteiger partial charge in [0.15, 0.2) is 0 Å². The molecule has 1 aliphatic heterocycles. The van der Waals surface area contributed by atoms with Crippen LogP contribution in [-0.2, 0) is 9.53 Å². The lowest BCUT2D eigenvalue weighted by Crippen LogP contribution is -2.41. The number of carboxylic acids is 1. The van der Waals surface area contributed by atoms with E-state index in [9.17, 15) is 14.9 Å². The molecule has 20 heavy (non-hydrogen) atoms. The Hall–Kier alpha value is -1.42. The molecule has 0 amide bonds. The second-order valence-corrected chi connectivity index (χ2v) is 5.72. The first-order chi connectivity index (χ1) is 9.41. The number of likely N-dealkylation sites (N-methyl/N-ethyl adjacent to an activating group) is 1. The molecule has 2 unspecified atom stereocenters. The average molecular weight is 392 g/mol. The minimum absolute atomic E-state index is 0.0176. The van der Waals surface area contributed by atoms with Crippen LogP contribution in [0.15, 0.2) is 18.2 Å². The van der Waals surface area contributed by atoms with Crippen molar-refractivity contribution in [2.75, 3.05) is 25.2 Å². The van der Waals surface area contributed by atoms with E-state index in [-0.39, 0.29) is 18.3 Å². The Kier molecular flexibility index (Phi) is 4.43. The molecule has 1 N–H and O–H groups in total. The number of nitro groups is 1. The van der Waals surface area contributed by atoms with Crippen LogP contribution < -0.4 is 4.90 Å². The highest BCUT2D eigenvalue weighted by Crippen LogP contribution is 2.30. The number of halogens is 1. The zero-order valence-corrected chi connectivity index (χ0v) is 12.8. The number of rotatable bonds is 4. The molecule has 7 nitrogen and oxygen atoms in total. The predicted molar refractivity (Wildman–Crippen MR) is 79.9 cm³/mol. The maximum absolute atomic E-state index is 11.2. The van der Waals surface area contributed by atoms with Crippen molar-refractivity contribution in [2.45, 2.75) is 6.04 Å². The van der Waals surface area contributed by atoms with Gasteiger partial charge in [0, 0.05) is 22.8 Å². The Bertz CT molecular complexity index is 551. The van der Waals surface area contributed by atoms with Crippen molar-refractivity contribution in [1.29, 1.82) is 0 Å². The van der Waals surface area contributed by atoms with E-state index in [0.29, 0.717) is 10.2 Å². The smallest absolute Gasteiger partial charge is 0.311 e. The lowest BCUT2D eigenvalue weighted by atomic mass is 10.0. The summed E-state index contributed by atoms with van der Waals surface area (Å²) in [4.78, 5) is 23.3. The first kappa shape index (κ1) is 15.0. The highest BCUT2D eigenvalue weighted by atomic mass is 127. The Labute approximate surface area is 128 Å². The lowest BCUT2D eigenvalue weighted by Gasteiger charge is -2.29. The van der Waals surface area contributed by atoms with Crippen LogP contribution in [0, 0.1) is 19.6 Å². The number of ether oxygens (including phenoxy) is 1. The van der Waals surface area contributed by atoms with Gasteiger partial charge in [0.1, 0.15) is 5.92 Å². The third-order valence-corrected chi connectivity index (χ3v) is 4.25. The Morgan fingerprint density at radius 2 is 2.25 bits per heavy atom. The van der Waals surface area contributed by atoms with E-state index in [1.807, 2.05) is 27.5 Å². The van der Waals surface area contributed by atoms with E-state index in [1.165, 1.54) is 12.1 Å². The molecule has 1 aromatic rings. The molecule has 0 aliphatic carbocycles. The van der Waals surface area contributed by atoms with Crippen LogP contribution in [0.4, 0.5) is 11.4 Å². The quantitative estimate of drug-likeness (QED) is 0.477. The molecule has 0 bridgehead atoms. The summed E-state index contributed by atoms with van der Waals surface area (Å²) < 4.78 is 5.95. The van der Waals surface area contributed by atoms with E-state index in [0.717, 1.165) is 5.69 Å². The number of nitrogens with zero attached hydrogens (tertiary/aromatic N) is 2. The standard InChI is InChI=1S/C12H13IN2O5/c1-14(11-6-20-5-8(11)12(16)17)10-3-2-7(15(18)19)4-9(10)13/h2-4,8,11H,5-6H2,1H3,(H,16,17). The van der Waals surface area contributed by atoms with Crippen molar-refractivity contribution in [1.82, 2.24) is 0 Å². The molecule has 1 saturated heterocycles. The molecule has 0 spiro atoms. The van der Waals surface area contributed by atoms with Gasteiger partial charge in [0.25, 0.3) is 5.69 Å². The van der Waals surface area contributed by atoms with Gasteiger partial charge in [0.2, 0.25) is 0 Å². The summed E-state index contributed by atoms with van der Waals surface area (Å²) in [6.45, 7) is 0.522. The third kappa shape index (κ3) is 2.85. The van der Waals surface area contributed by atoms with Crippen molar-refractivity contribution in [2.24, 2.45) is 5.92 Å². The van der Waals surface area contributed by atoms with Gasteiger partial charge >= 0.3 is 5.97 Å². The highest BCUT2D eigenvalue weighted by Gasteiger charge is 2.37. The molecule has 8 heteroatoms. The number of anilines is 1. The Morgan fingerprint density at radius 1 is 1.55 bits per heavy atom. The van der Waals surface area contributed by atoms with E-state index >= 15 is 0 Å². The number of hydrogen-bond acceptors (Lipinski definition) is 5. The van der Waals surface area contributed by atoms with E-state index < -0.39 is 16.8 Å². The van der Waals surface area contributed by atoms with Crippen LogP contribution in [0.1, 0.15) is 0 Å². The van der Waals surface area contributed by atoms with Gasteiger partial charge in [-0.25, -0.2) is 0 Å². The summed E-state index contributed by atoms with van der Waals surface area (Å²) >= 11 is 2.01. The van der Waals surface area contributed by atoms with Crippen LogP contribution in [-0.4, -0.2) is 42.3 Å². The molecule has 108 valence electrons. The second kappa shape index (κ2) is 5.92. The third-order valence-electron chi connectivity index (χ3n) is 3.39. The predicted octanol–water partition coefficient (Wildman–Crippen LogP) is 1.74. The fraction of sp³-hybridized carbons (Fsp3) is 0.417. The lowest BCUT2D eigenvalue weighted by molar-refractivity contribution is -0.384. The molecule has 2 atom stereocenters. The monoisotopic (exact) mass is 392 g/mol. The summed E-state index contributed by atoms with van der Waals surface area (Å²) in [5.74, 6) is -1.48. The molecule has 0 aromatic heterocycles. The molecule has 1 aromatic carbocycles. The van der Waals surface area contributed by atoms with Crippen LogP contribution in [0.5, 0.6) is 0 Å².